The number of carbonyl (C=O) groups is 1. The number of primary sulfonamides is 1. The number of hydrogen-bond acceptors (Lipinski definition) is 6. The minimum Gasteiger partial charge on any atom is -0.350 e. The first kappa shape index (κ1) is 18.5. The summed E-state index contributed by atoms with van der Waals surface area (Å²) >= 11 is 6.70. The molecule has 0 saturated carbocycles. The molecule has 1 aromatic carbocycles. The topological polar surface area (TPSA) is 123 Å². The molecule has 0 saturated heterocycles. The SMILES string of the molecule is NS(=O)(=O)c1ccc(CNC(=O)Cn2c(-c3cccs3)n[nH]c2=S)cc1. The summed E-state index contributed by atoms with van der Waals surface area (Å²) in [5.74, 6) is 0.369. The number of hydrogen-bond donors (Lipinski definition) is 3. The average molecular weight is 410 g/mol. The molecule has 3 aromatic rings. The minimum absolute atomic E-state index is 0.0256. The fourth-order valence-electron chi connectivity index (χ4n) is 2.26. The van der Waals surface area contributed by atoms with Gasteiger partial charge in [0, 0.05) is 6.54 Å². The summed E-state index contributed by atoms with van der Waals surface area (Å²) in [6.07, 6.45) is 0. The summed E-state index contributed by atoms with van der Waals surface area (Å²) in [7, 11) is -3.73. The molecule has 3 rings (SSSR count). The lowest BCUT2D eigenvalue weighted by Crippen LogP contribution is -2.27. The molecule has 0 spiro atoms. The highest BCUT2D eigenvalue weighted by atomic mass is 32.2. The molecule has 26 heavy (non-hydrogen) atoms. The van der Waals surface area contributed by atoms with Gasteiger partial charge in [0.05, 0.1) is 9.77 Å². The lowest BCUT2D eigenvalue weighted by Gasteiger charge is -2.08. The molecule has 2 heterocycles. The van der Waals surface area contributed by atoms with Crippen molar-refractivity contribution in [3.05, 3.63) is 52.1 Å². The number of H-pyrrole nitrogens is 1. The van der Waals surface area contributed by atoms with E-state index in [0.29, 0.717) is 10.6 Å². The Kier molecular flexibility index (Phi) is 5.32. The van der Waals surface area contributed by atoms with Gasteiger partial charge in [0.15, 0.2) is 10.6 Å². The Morgan fingerprint density at radius 1 is 1.31 bits per heavy atom. The van der Waals surface area contributed by atoms with E-state index in [9.17, 15) is 13.2 Å². The molecule has 0 aliphatic rings. The molecule has 0 aliphatic heterocycles. The van der Waals surface area contributed by atoms with Gasteiger partial charge < -0.3 is 5.32 Å². The number of carbonyl (C=O) groups excluding carboxylic acids is 1. The van der Waals surface area contributed by atoms with Crippen LogP contribution in [0.5, 0.6) is 0 Å². The van der Waals surface area contributed by atoms with Crippen LogP contribution in [-0.2, 0) is 27.9 Å². The van der Waals surface area contributed by atoms with Gasteiger partial charge in [0.1, 0.15) is 6.54 Å². The smallest absolute Gasteiger partial charge is 0.240 e. The number of nitrogens with two attached hydrogens (primary N) is 1. The minimum atomic E-state index is -3.73. The number of benzene rings is 1. The van der Waals surface area contributed by atoms with Gasteiger partial charge in [-0.05, 0) is 41.4 Å². The Bertz CT molecular complexity index is 1070. The second-order valence-electron chi connectivity index (χ2n) is 5.38. The fraction of sp³-hybridized carbons (Fsp3) is 0.133. The van der Waals surface area contributed by atoms with E-state index in [4.69, 9.17) is 17.4 Å². The quantitative estimate of drug-likeness (QED) is 0.534. The molecule has 0 atom stereocenters. The van der Waals surface area contributed by atoms with E-state index in [1.54, 1.807) is 16.7 Å². The highest BCUT2D eigenvalue weighted by Gasteiger charge is 2.13. The van der Waals surface area contributed by atoms with Crippen LogP contribution < -0.4 is 10.5 Å². The Balaban J connectivity index is 1.65. The molecule has 0 fully saturated rings. The fourth-order valence-corrected chi connectivity index (χ4v) is 3.69. The second-order valence-corrected chi connectivity index (χ2v) is 8.28. The zero-order chi connectivity index (χ0) is 18.7. The third kappa shape index (κ3) is 4.25. The highest BCUT2D eigenvalue weighted by molar-refractivity contribution is 7.89. The van der Waals surface area contributed by atoms with E-state index in [2.05, 4.69) is 15.5 Å². The summed E-state index contributed by atoms with van der Waals surface area (Å²) in [5, 5.41) is 16.6. The van der Waals surface area contributed by atoms with Crippen LogP contribution in [0.1, 0.15) is 5.56 Å². The maximum Gasteiger partial charge on any atom is 0.240 e. The molecule has 136 valence electrons. The summed E-state index contributed by atoms with van der Waals surface area (Å²) in [5.41, 5.74) is 0.750. The molecule has 4 N–H and O–H groups in total. The standard InChI is InChI=1S/C15H15N5O3S3/c16-26(22,23)11-5-3-10(4-6-11)8-17-13(21)9-20-14(18-19-15(20)24)12-2-1-7-25-12/h1-7H,8-9H2,(H,17,21)(H,19,24)(H2,16,22,23). The van der Waals surface area contributed by atoms with Crippen LogP contribution in [0.2, 0.25) is 0 Å². The number of aromatic nitrogens is 3. The van der Waals surface area contributed by atoms with Crippen molar-refractivity contribution < 1.29 is 13.2 Å². The van der Waals surface area contributed by atoms with E-state index in [0.717, 1.165) is 10.4 Å². The van der Waals surface area contributed by atoms with Crippen LogP contribution in [0.3, 0.4) is 0 Å². The maximum atomic E-state index is 12.3. The van der Waals surface area contributed by atoms with E-state index >= 15 is 0 Å². The molecule has 0 radical (unpaired) electrons. The Morgan fingerprint density at radius 3 is 2.65 bits per heavy atom. The zero-order valence-corrected chi connectivity index (χ0v) is 15.8. The van der Waals surface area contributed by atoms with Gasteiger partial charge >= 0.3 is 0 Å². The van der Waals surface area contributed by atoms with Gasteiger partial charge in [-0.25, -0.2) is 13.6 Å². The number of nitrogens with one attached hydrogen (secondary N) is 2. The molecule has 0 unspecified atom stereocenters. The van der Waals surface area contributed by atoms with Crippen LogP contribution in [0.15, 0.2) is 46.7 Å². The molecule has 0 aliphatic carbocycles. The number of nitrogens with zero attached hydrogens (tertiary/aromatic N) is 2. The third-order valence-corrected chi connectivity index (χ3v) is 5.65. The zero-order valence-electron chi connectivity index (χ0n) is 13.4. The van der Waals surface area contributed by atoms with Crippen molar-refractivity contribution in [2.75, 3.05) is 0 Å². The predicted octanol–water partition coefficient (Wildman–Crippen LogP) is 1.63. The Labute approximate surface area is 158 Å². The van der Waals surface area contributed by atoms with Crippen LogP contribution in [-0.4, -0.2) is 29.1 Å². The van der Waals surface area contributed by atoms with Crippen molar-refractivity contribution in [3.63, 3.8) is 0 Å². The molecule has 0 bridgehead atoms. The monoisotopic (exact) mass is 409 g/mol. The van der Waals surface area contributed by atoms with Crippen LogP contribution in [0.25, 0.3) is 10.7 Å². The number of thiophene rings is 1. The van der Waals surface area contributed by atoms with Gasteiger partial charge in [-0.3, -0.25) is 14.5 Å². The molecule has 2 aromatic heterocycles. The van der Waals surface area contributed by atoms with E-state index in [-0.39, 0.29) is 23.9 Å². The van der Waals surface area contributed by atoms with Gasteiger partial charge in [0.25, 0.3) is 0 Å². The van der Waals surface area contributed by atoms with Crippen molar-refractivity contribution in [3.8, 4) is 10.7 Å². The maximum absolute atomic E-state index is 12.3. The molecule has 11 heteroatoms. The van der Waals surface area contributed by atoms with Crippen molar-refractivity contribution in [1.29, 1.82) is 0 Å². The number of aromatic amines is 1. The Morgan fingerprint density at radius 2 is 2.04 bits per heavy atom. The normalized spacial score (nSPS) is 11.4. The number of rotatable bonds is 6. The van der Waals surface area contributed by atoms with Crippen molar-refractivity contribution in [1.82, 2.24) is 20.1 Å². The molecule has 8 nitrogen and oxygen atoms in total. The second kappa shape index (κ2) is 7.50. The predicted molar refractivity (Wildman–Crippen MR) is 100 cm³/mol. The molecule has 1 amide bonds. The van der Waals surface area contributed by atoms with Gasteiger partial charge in [-0.15, -0.1) is 11.3 Å². The van der Waals surface area contributed by atoms with E-state index < -0.39 is 10.0 Å². The van der Waals surface area contributed by atoms with Crippen LogP contribution in [0.4, 0.5) is 0 Å². The largest absolute Gasteiger partial charge is 0.350 e. The van der Waals surface area contributed by atoms with Crippen LogP contribution >= 0.6 is 23.6 Å². The summed E-state index contributed by atoms with van der Waals surface area (Å²) < 4.78 is 24.5. The van der Waals surface area contributed by atoms with Gasteiger partial charge in [0.2, 0.25) is 15.9 Å². The highest BCUT2D eigenvalue weighted by Crippen LogP contribution is 2.22. The Hall–Kier alpha value is -2.34. The van der Waals surface area contributed by atoms with E-state index in [1.807, 2.05) is 17.5 Å². The van der Waals surface area contributed by atoms with Crippen molar-refractivity contribution in [2.24, 2.45) is 5.14 Å². The lowest BCUT2D eigenvalue weighted by molar-refractivity contribution is -0.121. The first-order valence-corrected chi connectivity index (χ1v) is 10.3. The average Bonchev–Trinajstić information content (AvgIpc) is 3.23. The first-order chi connectivity index (χ1) is 12.3. The summed E-state index contributed by atoms with van der Waals surface area (Å²) in [4.78, 5) is 13.2. The van der Waals surface area contributed by atoms with Crippen molar-refractivity contribution in [2.45, 2.75) is 18.0 Å². The van der Waals surface area contributed by atoms with Gasteiger partial charge in [-0.2, -0.15) is 5.10 Å². The number of amides is 1. The number of sulfonamides is 1. The van der Waals surface area contributed by atoms with Crippen molar-refractivity contribution >= 4 is 39.5 Å². The summed E-state index contributed by atoms with van der Waals surface area (Å²) in [6, 6.07) is 9.79. The summed E-state index contributed by atoms with van der Waals surface area (Å²) in [6.45, 7) is 0.279. The van der Waals surface area contributed by atoms with E-state index in [1.165, 1.54) is 23.5 Å². The molecular weight excluding hydrogens is 394 g/mol. The molecular formula is C15H15N5O3S3. The third-order valence-electron chi connectivity index (χ3n) is 3.54. The van der Waals surface area contributed by atoms with Gasteiger partial charge in [-0.1, -0.05) is 18.2 Å². The lowest BCUT2D eigenvalue weighted by atomic mass is 10.2. The first-order valence-electron chi connectivity index (χ1n) is 7.42. The van der Waals surface area contributed by atoms with Crippen LogP contribution in [0, 0.1) is 4.77 Å².